The number of amides is 1. The van der Waals surface area contributed by atoms with Crippen LogP contribution in [0.5, 0.6) is 0 Å². The van der Waals surface area contributed by atoms with E-state index in [9.17, 15) is 4.79 Å². The summed E-state index contributed by atoms with van der Waals surface area (Å²) in [5.74, 6) is 0.379. The molecule has 3 nitrogen and oxygen atoms in total. The molecule has 0 saturated heterocycles. The number of rotatable bonds is 5. The average Bonchev–Trinajstić information content (AvgIpc) is 2.25. The summed E-state index contributed by atoms with van der Waals surface area (Å²) in [6.07, 6.45) is 1.65. The van der Waals surface area contributed by atoms with Gasteiger partial charge < -0.3 is 11.1 Å². The highest BCUT2D eigenvalue weighted by Crippen LogP contribution is 2.28. The number of nitrogens with one attached hydrogen (secondary N) is 1. The lowest BCUT2D eigenvalue weighted by molar-refractivity contribution is -0.118. The third-order valence-corrected chi connectivity index (χ3v) is 3.75. The number of hydrogen-bond acceptors (Lipinski definition) is 3. The average molecular weight is 301 g/mol. The van der Waals surface area contributed by atoms with Crippen molar-refractivity contribution in [1.82, 2.24) is 5.32 Å². The molecule has 1 amide bonds. The molecular formula is C11H13BrN2OS. The van der Waals surface area contributed by atoms with Crippen LogP contribution in [0.25, 0.3) is 0 Å². The van der Waals surface area contributed by atoms with E-state index in [1.54, 1.807) is 6.08 Å². The first kappa shape index (κ1) is 13.1. The molecule has 0 radical (unpaired) electrons. The van der Waals surface area contributed by atoms with Crippen LogP contribution in [0.1, 0.15) is 0 Å². The van der Waals surface area contributed by atoms with Crippen molar-refractivity contribution in [2.75, 3.05) is 18.0 Å². The van der Waals surface area contributed by atoms with E-state index in [4.69, 9.17) is 5.73 Å². The lowest BCUT2D eigenvalue weighted by atomic mass is 10.3. The van der Waals surface area contributed by atoms with Gasteiger partial charge in [-0.3, -0.25) is 4.79 Å². The smallest absolute Gasteiger partial charge is 0.230 e. The topological polar surface area (TPSA) is 55.1 Å². The summed E-state index contributed by atoms with van der Waals surface area (Å²) >= 11 is 4.87. The van der Waals surface area contributed by atoms with Gasteiger partial charge in [-0.25, -0.2) is 0 Å². The van der Waals surface area contributed by atoms with E-state index in [0.717, 1.165) is 9.37 Å². The minimum atomic E-state index is -0.00590. The highest BCUT2D eigenvalue weighted by molar-refractivity contribution is 9.10. The number of halogens is 1. The summed E-state index contributed by atoms with van der Waals surface area (Å²) in [6.45, 7) is 4.03. The summed E-state index contributed by atoms with van der Waals surface area (Å²) in [7, 11) is 0. The van der Waals surface area contributed by atoms with Gasteiger partial charge in [-0.05, 0) is 34.1 Å². The third kappa shape index (κ3) is 4.28. The summed E-state index contributed by atoms with van der Waals surface area (Å²) in [5.41, 5.74) is 6.32. The van der Waals surface area contributed by atoms with Gasteiger partial charge in [0.25, 0.3) is 0 Å². The number of nitrogens with two attached hydrogens (primary N) is 1. The molecule has 1 aromatic rings. The Morgan fingerprint density at radius 1 is 1.62 bits per heavy atom. The van der Waals surface area contributed by atoms with Gasteiger partial charge in [0.1, 0.15) is 0 Å². The normalized spacial score (nSPS) is 9.81. The van der Waals surface area contributed by atoms with Gasteiger partial charge in [-0.2, -0.15) is 0 Å². The zero-order valence-electron chi connectivity index (χ0n) is 8.70. The standard InChI is InChI=1S/C11H13BrN2OS/c1-2-5-14-11(15)7-16-10-4-3-8(13)6-9(10)12/h2-4,6H,1,5,7,13H2,(H,14,15). The Kier molecular flexibility index (Phi) is 5.42. The molecule has 5 heteroatoms. The molecule has 0 aliphatic rings. The minimum Gasteiger partial charge on any atom is -0.399 e. The van der Waals surface area contributed by atoms with E-state index in [2.05, 4.69) is 27.8 Å². The van der Waals surface area contributed by atoms with Crippen LogP contribution in [-0.2, 0) is 4.79 Å². The van der Waals surface area contributed by atoms with E-state index in [-0.39, 0.29) is 5.91 Å². The van der Waals surface area contributed by atoms with Gasteiger partial charge in [-0.1, -0.05) is 6.08 Å². The van der Waals surface area contributed by atoms with Crippen molar-refractivity contribution in [3.8, 4) is 0 Å². The van der Waals surface area contributed by atoms with Crippen molar-refractivity contribution in [2.45, 2.75) is 4.90 Å². The molecule has 0 saturated carbocycles. The highest BCUT2D eigenvalue weighted by Gasteiger charge is 2.04. The number of hydrogen-bond donors (Lipinski definition) is 2. The second kappa shape index (κ2) is 6.60. The van der Waals surface area contributed by atoms with E-state index in [0.29, 0.717) is 18.0 Å². The van der Waals surface area contributed by atoms with Gasteiger partial charge in [0.2, 0.25) is 5.91 Å². The van der Waals surface area contributed by atoms with Gasteiger partial charge in [0.05, 0.1) is 5.75 Å². The van der Waals surface area contributed by atoms with E-state index in [1.165, 1.54) is 11.8 Å². The Hall–Kier alpha value is -0.940. The fraction of sp³-hybridized carbons (Fsp3) is 0.182. The first-order valence-electron chi connectivity index (χ1n) is 4.69. The van der Waals surface area contributed by atoms with Gasteiger partial charge in [0, 0.05) is 21.6 Å². The van der Waals surface area contributed by atoms with Crippen LogP contribution in [0.15, 0.2) is 40.2 Å². The van der Waals surface area contributed by atoms with E-state index in [1.807, 2.05) is 18.2 Å². The zero-order valence-corrected chi connectivity index (χ0v) is 11.1. The summed E-state index contributed by atoms with van der Waals surface area (Å²) < 4.78 is 0.911. The lowest BCUT2D eigenvalue weighted by Gasteiger charge is -2.05. The van der Waals surface area contributed by atoms with Crippen LogP contribution in [0.4, 0.5) is 5.69 Å². The maximum atomic E-state index is 11.3. The molecule has 0 aromatic heterocycles. The molecular weight excluding hydrogens is 288 g/mol. The van der Waals surface area contributed by atoms with Crippen LogP contribution in [0.2, 0.25) is 0 Å². The van der Waals surface area contributed by atoms with Crippen LogP contribution in [0, 0.1) is 0 Å². The summed E-state index contributed by atoms with van der Waals surface area (Å²) in [6, 6.07) is 5.53. The molecule has 1 rings (SSSR count). The summed E-state index contributed by atoms with van der Waals surface area (Å²) in [5, 5.41) is 2.72. The van der Waals surface area contributed by atoms with Gasteiger partial charge >= 0.3 is 0 Å². The molecule has 1 aromatic carbocycles. The van der Waals surface area contributed by atoms with Gasteiger partial charge in [-0.15, -0.1) is 18.3 Å². The van der Waals surface area contributed by atoms with E-state index < -0.39 is 0 Å². The van der Waals surface area contributed by atoms with Gasteiger partial charge in [0.15, 0.2) is 0 Å². The Morgan fingerprint density at radius 3 is 3.00 bits per heavy atom. The fourth-order valence-electron chi connectivity index (χ4n) is 1.01. The fourth-order valence-corrected chi connectivity index (χ4v) is 2.50. The Morgan fingerprint density at radius 2 is 2.38 bits per heavy atom. The Bertz CT molecular complexity index is 396. The quantitative estimate of drug-likeness (QED) is 0.499. The van der Waals surface area contributed by atoms with Crippen LogP contribution < -0.4 is 11.1 Å². The number of carbonyl (C=O) groups is 1. The number of nitrogen functional groups attached to an aromatic ring is 1. The number of anilines is 1. The highest BCUT2D eigenvalue weighted by atomic mass is 79.9. The third-order valence-electron chi connectivity index (χ3n) is 1.76. The molecule has 0 fully saturated rings. The Labute approximate surface area is 108 Å². The Balaban J connectivity index is 2.48. The lowest BCUT2D eigenvalue weighted by Crippen LogP contribution is -2.24. The second-order valence-electron chi connectivity index (χ2n) is 3.07. The molecule has 0 spiro atoms. The van der Waals surface area contributed by atoms with Crippen LogP contribution in [-0.4, -0.2) is 18.2 Å². The summed E-state index contributed by atoms with van der Waals surface area (Å²) in [4.78, 5) is 12.3. The largest absolute Gasteiger partial charge is 0.399 e. The number of carbonyl (C=O) groups excluding carboxylic acids is 1. The van der Waals surface area contributed by atoms with Crippen molar-refractivity contribution in [2.24, 2.45) is 0 Å². The van der Waals surface area contributed by atoms with Crippen molar-refractivity contribution in [3.05, 3.63) is 35.3 Å². The van der Waals surface area contributed by atoms with Crippen molar-refractivity contribution < 1.29 is 4.79 Å². The molecule has 0 heterocycles. The minimum absolute atomic E-state index is 0.00590. The SMILES string of the molecule is C=CCNC(=O)CSc1ccc(N)cc1Br. The van der Waals surface area contributed by atoms with Crippen LogP contribution in [0.3, 0.4) is 0 Å². The first-order chi connectivity index (χ1) is 7.63. The number of benzene rings is 1. The first-order valence-corrected chi connectivity index (χ1v) is 6.46. The number of thioether (sulfide) groups is 1. The monoisotopic (exact) mass is 300 g/mol. The predicted molar refractivity (Wildman–Crippen MR) is 72.5 cm³/mol. The van der Waals surface area contributed by atoms with Crippen molar-refractivity contribution >= 4 is 39.3 Å². The van der Waals surface area contributed by atoms with Crippen LogP contribution >= 0.6 is 27.7 Å². The molecule has 0 aliphatic heterocycles. The predicted octanol–water partition coefficient (Wildman–Crippen LogP) is 2.43. The maximum absolute atomic E-state index is 11.3. The van der Waals surface area contributed by atoms with Crippen molar-refractivity contribution in [3.63, 3.8) is 0 Å². The molecule has 0 atom stereocenters. The molecule has 0 aliphatic carbocycles. The second-order valence-corrected chi connectivity index (χ2v) is 4.94. The molecule has 86 valence electrons. The molecule has 0 unspecified atom stereocenters. The zero-order chi connectivity index (χ0) is 12.0. The van der Waals surface area contributed by atoms with Crippen molar-refractivity contribution in [1.29, 1.82) is 0 Å². The molecule has 16 heavy (non-hydrogen) atoms. The molecule has 0 bridgehead atoms. The maximum Gasteiger partial charge on any atom is 0.230 e. The molecule has 3 N–H and O–H groups in total. The van der Waals surface area contributed by atoms with E-state index >= 15 is 0 Å².